The lowest BCUT2D eigenvalue weighted by Gasteiger charge is -2.24. The van der Waals surface area contributed by atoms with Crippen molar-refractivity contribution in [2.24, 2.45) is 10.4 Å². The van der Waals surface area contributed by atoms with Gasteiger partial charge in [-0.15, -0.1) is 0 Å². The maximum atomic E-state index is 5.58. The number of thioether (sulfide) groups is 1. The van der Waals surface area contributed by atoms with Gasteiger partial charge >= 0.3 is 0 Å². The van der Waals surface area contributed by atoms with E-state index in [9.17, 15) is 0 Å². The van der Waals surface area contributed by atoms with Gasteiger partial charge in [0.05, 0.1) is 13.2 Å². The molecule has 2 heterocycles. The number of nitrogens with one attached hydrogen (secondary N) is 1. The van der Waals surface area contributed by atoms with E-state index < -0.39 is 0 Å². The first-order chi connectivity index (χ1) is 8.79. The Morgan fingerprint density at radius 3 is 3.06 bits per heavy atom. The highest BCUT2D eigenvalue weighted by atomic mass is 32.2. The van der Waals surface area contributed by atoms with Gasteiger partial charge < -0.3 is 15.0 Å². The number of rotatable bonds is 4. The van der Waals surface area contributed by atoms with Crippen LogP contribution in [0.3, 0.4) is 0 Å². The van der Waals surface area contributed by atoms with Gasteiger partial charge in [0, 0.05) is 37.4 Å². The van der Waals surface area contributed by atoms with Gasteiger partial charge in [0.15, 0.2) is 5.96 Å². The molecule has 1 spiro atoms. The minimum Gasteiger partial charge on any atom is -0.381 e. The summed E-state index contributed by atoms with van der Waals surface area (Å²) in [4.78, 5) is 7.12. The molecule has 0 amide bonds. The summed E-state index contributed by atoms with van der Waals surface area (Å²) in [5.41, 5.74) is 0.412. The van der Waals surface area contributed by atoms with Crippen LogP contribution >= 0.6 is 11.8 Å². The van der Waals surface area contributed by atoms with Gasteiger partial charge in [0.2, 0.25) is 0 Å². The molecule has 104 valence electrons. The van der Waals surface area contributed by atoms with Crippen LogP contribution in [-0.4, -0.2) is 62.3 Å². The largest absolute Gasteiger partial charge is 0.381 e. The van der Waals surface area contributed by atoms with E-state index in [4.69, 9.17) is 9.73 Å². The maximum Gasteiger partial charge on any atom is 0.193 e. The molecule has 0 aromatic carbocycles. The molecule has 1 unspecified atom stereocenters. The fraction of sp³-hybridized carbons (Fsp3) is 0.923. The van der Waals surface area contributed by atoms with Crippen LogP contribution in [0.2, 0.25) is 0 Å². The summed E-state index contributed by atoms with van der Waals surface area (Å²) in [6.07, 6.45) is 4.59. The highest BCUT2D eigenvalue weighted by molar-refractivity contribution is 7.98. The Morgan fingerprint density at radius 2 is 2.39 bits per heavy atom. The molecule has 2 aliphatic heterocycles. The Bertz CT molecular complexity index is 290. The highest BCUT2D eigenvalue weighted by Crippen LogP contribution is 2.38. The fourth-order valence-corrected chi connectivity index (χ4v) is 3.03. The Morgan fingerprint density at radius 1 is 1.50 bits per heavy atom. The average Bonchev–Trinajstić information content (AvgIpc) is 3.00. The van der Waals surface area contributed by atoms with Gasteiger partial charge in [0.1, 0.15) is 0 Å². The van der Waals surface area contributed by atoms with Gasteiger partial charge in [-0.25, -0.2) is 0 Å². The van der Waals surface area contributed by atoms with Crippen LogP contribution in [-0.2, 0) is 4.74 Å². The van der Waals surface area contributed by atoms with E-state index in [1.54, 1.807) is 0 Å². The van der Waals surface area contributed by atoms with Gasteiger partial charge in [-0.05, 0) is 26.0 Å². The SMILES string of the molecule is CCNC(=NCCSC)N1CCC2(CCOC2)C1. The highest BCUT2D eigenvalue weighted by Gasteiger charge is 2.42. The van der Waals surface area contributed by atoms with Crippen molar-refractivity contribution in [1.82, 2.24) is 10.2 Å². The minimum absolute atomic E-state index is 0.412. The summed E-state index contributed by atoms with van der Waals surface area (Å²) >= 11 is 1.85. The Kier molecular flexibility index (Phi) is 5.18. The molecule has 2 saturated heterocycles. The molecule has 2 rings (SSSR count). The van der Waals surface area contributed by atoms with E-state index in [-0.39, 0.29) is 0 Å². The summed E-state index contributed by atoms with van der Waals surface area (Å²) in [6.45, 7) is 8.09. The second kappa shape index (κ2) is 6.66. The van der Waals surface area contributed by atoms with Crippen LogP contribution in [0.1, 0.15) is 19.8 Å². The molecule has 0 aromatic rings. The van der Waals surface area contributed by atoms with Crippen molar-refractivity contribution in [2.45, 2.75) is 19.8 Å². The van der Waals surface area contributed by atoms with Gasteiger partial charge in [0.25, 0.3) is 0 Å². The molecule has 0 aromatic heterocycles. The minimum atomic E-state index is 0.412. The van der Waals surface area contributed by atoms with Gasteiger partial charge in [-0.1, -0.05) is 0 Å². The average molecular weight is 271 g/mol. The van der Waals surface area contributed by atoms with E-state index in [1.165, 1.54) is 12.8 Å². The summed E-state index contributed by atoms with van der Waals surface area (Å²) in [5.74, 6) is 2.19. The van der Waals surface area contributed by atoms with E-state index in [2.05, 4.69) is 23.4 Å². The van der Waals surface area contributed by atoms with Crippen LogP contribution < -0.4 is 5.32 Å². The van der Waals surface area contributed by atoms with Crippen molar-refractivity contribution >= 4 is 17.7 Å². The predicted octanol–water partition coefficient (Wildman–Crippen LogP) is 1.43. The normalized spacial score (nSPS) is 28.3. The molecule has 5 heteroatoms. The van der Waals surface area contributed by atoms with Crippen molar-refractivity contribution in [3.8, 4) is 0 Å². The first-order valence-electron chi connectivity index (χ1n) is 6.90. The monoisotopic (exact) mass is 271 g/mol. The Hall–Kier alpha value is -0.420. The molecule has 4 nitrogen and oxygen atoms in total. The molecular formula is C13H25N3OS. The number of hydrogen-bond acceptors (Lipinski definition) is 3. The number of hydrogen-bond donors (Lipinski definition) is 1. The number of nitrogens with zero attached hydrogens (tertiary/aromatic N) is 2. The molecule has 0 bridgehead atoms. The number of ether oxygens (including phenoxy) is 1. The lowest BCUT2D eigenvalue weighted by molar-refractivity contribution is 0.156. The van der Waals surface area contributed by atoms with E-state index in [1.807, 2.05) is 11.8 Å². The maximum absolute atomic E-state index is 5.58. The molecule has 0 saturated carbocycles. The fourth-order valence-electron chi connectivity index (χ4n) is 2.76. The topological polar surface area (TPSA) is 36.9 Å². The van der Waals surface area contributed by atoms with Crippen LogP contribution in [0, 0.1) is 5.41 Å². The summed E-state index contributed by atoms with van der Waals surface area (Å²) in [5, 5.41) is 3.42. The van der Waals surface area contributed by atoms with E-state index in [0.29, 0.717) is 5.41 Å². The molecular weight excluding hydrogens is 246 g/mol. The number of guanidine groups is 1. The molecule has 1 atom stereocenters. The zero-order chi connectivity index (χ0) is 12.8. The third-order valence-corrected chi connectivity index (χ3v) is 4.41. The summed E-state index contributed by atoms with van der Waals surface area (Å²) in [6, 6.07) is 0. The number of likely N-dealkylation sites (tertiary alicyclic amines) is 1. The first-order valence-corrected chi connectivity index (χ1v) is 8.29. The van der Waals surface area contributed by atoms with Crippen LogP contribution in [0.15, 0.2) is 4.99 Å². The molecule has 2 fully saturated rings. The number of aliphatic imine (C=N–C) groups is 1. The second-order valence-electron chi connectivity index (χ2n) is 5.20. The third kappa shape index (κ3) is 3.32. The van der Waals surface area contributed by atoms with Crippen molar-refractivity contribution in [2.75, 3.05) is 51.4 Å². The molecule has 1 N–H and O–H groups in total. The first kappa shape index (κ1) is 14.0. The van der Waals surface area contributed by atoms with Gasteiger partial charge in [-0.2, -0.15) is 11.8 Å². The van der Waals surface area contributed by atoms with Crippen molar-refractivity contribution < 1.29 is 4.74 Å². The molecule has 2 aliphatic rings. The summed E-state index contributed by atoms with van der Waals surface area (Å²) < 4.78 is 5.58. The second-order valence-corrected chi connectivity index (χ2v) is 6.19. The Labute approximate surface area is 115 Å². The van der Waals surface area contributed by atoms with E-state index >= 15 is 0 Å². The molecule has 0 aliphatic carbocycles. The summed E-state index contributed by atoms with van der Waals surface area (Å²) in [7, 11) is 0. The zero-order valence-electron chi connectivity index (χ0n) is 11.6. The van der Waals surface area contributed by atoms with Crippen molar-refractivity contribution in [3.63, 3.8) is 0 Å². The Balaban J connectivity index is 1.92. The lowest BCUT2D eigenvalue weighted by atomic mass is 9.87. The van der Waals surface area contributed by atoms with Crippen molar-refractivity contribution in [3.05, 3.63) is 0 Å². The smallest absolute Gasteiger partial charge is 0.193 e. The third-order valence-electron chi connectivity index (χ3n) is 3.81. The quantitative estimate of drug-likeness (QED) is 0.477. The van der Waals surface area contributed by atoms with Gasteiger partial charge in [-0.3, -0.25) is 4.99 Å². The van der Waals surface area contributed by atoms with E-state index in [0.717, 1.165) is 51.1 Å². The standard InChI is InChI=1S/C13H25N3OS/c1-3-14-12(15-6-9-18-2)16-7-4-13(10-16)5-8-17-11-13/h3-11H2,1-2H3,(H,14,15). The zero-order valence-corrected chi connectivity index (χ0v) is 12.4. The van der Waals surface area contributed by atoms with Crippen LogP contribution in [0.5, 0.6) is 0 Å². The predicted molar refractivity (Wildman–Crippen MR) is 78.4 cm³/mol. The van der Waals surface area contributed by atoms with Crippen LogP contribution in [0.4, 0.5) is 0 Å². The van der Waals surface area contributed by atoms with Crippen LogP contribution in [0.25, 0.3) is 0 Å². The molecule has 18 heavy (non-hydrogen) atoms. The lowest BCUT2D eigenvalue weighted by Crippen LogP contribution is -2.41. The molecule has 0 radical (unpaired) electrons. The van der Waals surface area contributed by atoms with Crippen molar-refractivity contribution in [1.29, 1.82) is 0 Å².